The van der Waals surface area contributed by atoms with Gasteiger partial charge in [0.2, 0.25) is 21.8 Å². The minimum Gasteiger partial charge on any atom is -0.339 e. The fraction of sp³-hybridized carbons (Fsp3) is 0.636. The average Bonchev–Trinajstić information content (AvgIpc) is 3.39. The zero-order chi connectivity index (χ0) is 21.3. The molecule has 1 aromatic rings. The second-order valence-corrected chi connectivity index (χ2v) is 10.7. The molecule has 2 saturated heterocycles. The lowest BCUT2D eigenvalue weighted by Crippen LogP contribution is -2.36. The zero-order valence-electron chi connectivity index (χ0n) is 17.6. The number of amides is 2. The number of carbonyl (C=O) groups is 2. The molecule has 3 fully saturated rings. The third-order valence-electron chi connectivity index (χ3n) is 6.68. The molecule has 3 aliphatic rings. The van der Waals surface area contributed by atoms with Gasteiger partial charge >= 0.3 is 0 Å². The van der Waals surface area contributed by atoms with E-state index in [9.17, 15) is 18.0 Å². The molecule has 1 aliphatic carbocycles. The van der Waals surface area contributed by atoms with Crippen molar-refractivity contribution < 1.29 is 18.0 Å². The van der Waals surface area contributed by atoms with Gasteiger partial charge < -0.3 is 10.2 Å². The number of piperidine rings is 1. The minimum absolute atomic E-state index is 0.0549. The highest BCUT2D eigenvalue weighted by Crippen LogP contribution is 2.31. The standard InChI is InChI=1S/C22H31N3O4S/c1-16-9-10-18(14-20(16)30(28,29)24-11-5-2-6-12-24)23-22(27)17-13-21(26)25(15-17)19-7-3-4-8-19/h9-10,14,17,19H,2-8,11-13,15H2,1H3,(H,23,27)/t17-/m1/s1. The maximum atomic E-state index is 13.1. The molecule has 8 heteroatoms. The Balaban J connectivity index is 1.46. The van der Waals surface area contributed by atoms with Crippen molar-refractivity contribution in [3.63, 3.8) is 0 Å². The van der Waals surface area contributed by atoms with Gasteiger partial charge in [0.25, 0.3) is 0 Å². The van der Waals surface area contributed by atoms with Crippen LogP contribution >= 0.6 is 0 Å². The molecule has 4 rings (SSSR count). The van der Waals surface area contributed by atoms with Crippen LogP contribution in [-0.4, -0.2) is 55.1 Å². The van der Waals surface area contributed by atoms with Gasteiger partial charge in [-0.05, 0) is 50.3 Å². The SMILES string of the molecule is Cc1ccc(NC(=O)[C@@H]2CC(=O)N(C3CCCC3)C2)cc1S(=O)(=O)N1CCCCC1. The summed E-state index contributed by atoms with van der Waals surface area (Å²) in [6.07, 6.45) is 7.37. The van der Waals surface area contributed by atoms with E-state index in [1.54, 1.807) is 29.4 Å². The number of rotatable bonds is 5. The van der Waals surface area contributed by atoms with Crippen molar-refractivity contribution in [1.29, 1.82) is 0 Å². The summed E-state index contributed by atoms with van der Waals surface area (Å²) in [6.45, 7) is 3.32. The molecular formula is C22H31N3O4S. The molecule has 0 radical (unpaired) electrons. The molecule has 0 aromatic heterocycles. The normalized spacial score (nSPS) is 23.8. The number of benzene rings is 1. The van der Waals surface area contributed by atoms with Crippen molar-refractivity contribution in [1.82, 2.24) is 9.21 Å². The van der Waals surface area contributed by atoms with Gasteiger partial charge in [0.1, 0.15) is 0 Å². The van der Waals surface area contributed by atoms with E-state index in [1.807, 2.05) is 4.90 Å². The van der Waals surface area contributed by atoms with Crippen LogP contribution in [0.3, 0.4) is 0 Å². The van der Waals surface area contributed by atoms with Gasteiger partial charge in [-0.1, -0.05) is 25.3 Å². The first-order chi connectivity index (χ1) is 14.4. The summed E-state index contributed by atoms with van der Waals surface area (Å²) in [5.41, 5.74) is 1.13. The Kier molecular flexibility index (Phi) is 6.16. The number of hydrogen-bond acceptors (Lipinski definition) is 4. The highest BCUT2D eigenvalue weighted by molar-refractivity contribution is 7.89. The fourth-order valence-corrected chi connectivity index (χ4v) is 6.69. The van der Waals surface area contributed by atoms with E-state index in [0.29, 0.717) is 30.9 Å². The van der Waals surface area contributed by atoms with Crippen LogP contribution in [0.2, 0.25) is 0 Å². The van der Waals surface area contributed by atoms with Gasteiger partial charge in [0.15, 0.2) is 0 Å². The van der Waals surface area contributed by atoms with Crippen molar-refractivity contribution >= 4 is 27.5 Å². The molecule has 30 heavy (non-hydrogen) atoms. The average molecular weight is 434 g/mol. The van der Waals surface area contributed by atoms with Gasteiger partial charge in [-0.15, -0.1) is 0 Å². The molecule has 2 aliphatic heterocycles. The van der Waals surface area contributed by atoms with Crippen LogP contribution in [0, 0.1) is 12.8 Å². The van der Waals surface area contributed by atoms with Crippen molar-refractivity contribution in [2.75, 3.05) is 25.0 Å². The number of nitrogens with zero attached hydrogens (tertiary/aromatic N) is 2. The van der Waals surface area contributed by atoms with E-state index in [2.05, 4.69) is 5.32 Å². The van der Waals surface area contributed by atoms with Crippen LogP contribution in [0.25, 0.3) is 0 Å². The Labute approximate surface area is 178 Å². The van der Waals surface area contributed by atoms with Gasteiger partial charge in [0.05, 0.1) is 10.8 Å². The number of carbonyl (C=O) groups excluding carboxylic acids is 2. The fourth-order valence-electron chi connectivity index (χ4n) is 4.92. The van der Waals surface area contributed by atoms with E-state index in [-0.39, 0.29) is 35.1 Å². The van der Waals surface area contributed by atoms with Gasteiger partial charge in [-0.25, -0.2) is 8.42 Å². The lowest BCUT2D eigenvalue weighted by atomic mass is 10.1. The molecule has 2 heterocycles. The van der Waals surface area contributed by atoms with Crippen molar-refractivity contribution in [2.24, 2.45) is 5.92 Å². The molecule has 7 nitrogen and oxygen atoms in total. The maximum absolute atomic E-state index is 13.1. The van der Waals surface area contributed by atoms with E-state index >= 15 is 0 Å². The second-order valence-electron chi connectivity index (χ2n) is 8.82. The molecule has 1 atom stereocenters. The number of nitrogens with one attached hydrogen (secondary N) is 1. The first kappa shape index (κ1) is 21.3. The first-order valence-corrected chi connectivity index (χ1v) is 12.5. The number of anilines is 1. The molecule has 1 aromatic carbocycles. The monoisotopic (exact) mass is 433 g/mol. The van der Waals surface area contributed by atoms with Crippen LogP contribution in [-0.2, 0) is 19.6 Å². The molecule has 1 saturated carbocycles. The van der Waals surface area contributed by atoms with Crippen molar-refractivity contribution in [2.45, 2.75) is 69.2 Å². The molecule has 1 N–H and O–H groups in total. The lowest BCUT2D eigenvalue weighted by molar-refractivity contribution is -0.129. The second kappa shape index (κ2) is 8.67. The predicted molar refractivity (Wildman–Crippen MR) is 114 cm³/mol. The number of aryl methyl sites for hydroxylation is 1. The minimum atomic E-state index is -3.58. The molecule has 164 valence electrons. The summed E-state index contributed by atoms with van der Waals surface area (Å²) in [5, 5.41) is 2.86. The van der Waals surface area contributed by atoms with Gasteiger partial charge in [-0.3, -0.25) is 9.59 Å². The Morgan fingerprint density at radius 3 is 2.47 bits per heavy atom. The highest BCUT2D eigenvalue weighted by atomic mass is 32.2. The Morgan fingerprint density at radius 2 is 1.77 bits per heavy atom. The predicted octanol–water partition coefficient (Wildman–Crippen LogP) is 2.90. The molecular weight excluding hydrogens is 402 g/mol. The maximum Gasteiger partial charge on any atom is 0.243 e. The van der Waals surface area contributed by atoms with Crippen LogP contribution < -0.4 is 5.32 Å². The third kappa shape index (κ3) is 4.25. The summed E-state index contributed by atoms with van der Waals surface area (Å²) >= 11 is 0. The zero-order valence-corrected chi connectivity index (χ0v) is 18.4. The smallest absolute Gasteiger partial charge is 0.243 e. The van der Waals surface area contributed by atoms with E-state index in [4.69, 9.17) is 0 Å². The van der Waals surface area contributed by atoms with E-state index in [1.165, 1.54) is 0 Å². The van der Waals surface area contributed by atoms with Gasteiger partial charge in [-0.2, -0.15) is 4.31 Å². The van der Waals surface area contributed by atoms with E-state index in [0.717, 1.165) is 44.9 Å². The molecule has 0 unspecified atom stereocenters. The molecule has 2 amide bonds. The number of likely N-dealkylation sites (tertiary alicyclic amines) is 1. The quantitative estimate of drug-likeness (QED) is 0.774. The summed E-state index contributed by atoms with van der Waals surface area (Å²) in [7, 11) is -3.58. The topological polar surface area (TPSA) is 86.8 Å². The van der Waals surface area contributed by atoms with Crippen LogP contribution in [0.4, 0.5) is 5.69 Å². The Morgan fingerprint density at radius 1 is 1.07 bits per heavy atom. The third-order valence-corrected chi connectivity index (χ3v) is 8.72. The first-order valence-electron chi connectivity index (χ1n) is 11.1. The van der Waals surface area contributed by atoms with Crippen LogP contribution in [0.15, 0.2) is 23.1 Å². The Bertz CT molecular complexity index is 918. The lowest BCUT2D eigenvalue weighted by Gasteiger charge is -2.26. The highest BCUT2D eigenvalue weighted by Gasteiger charge is 2.38. The summed E-state index contributed by atoms with van der Waals surface area (Å²) < 4.78 is 27.7. The largest absolute Gasteiger partial charge is 0.339 e. The summed E-state index contributed by atoms with van der Waals surface area (Å²) in [6, 6.07) is 5.30. The van der Waals surface area contributed by atoms with Crippen LogP contribution in [0.5, 0.6) is 0 Å². The number of hydrogen-bond donors (Lipinski definition) is 1. The van der Waals surface area contributed by atoms with Crippen LogP contribution in [0.1, 0.15) is 56.9 Å². The van der Waals surface area contributed by atoms with Gasteiger partial charge in [0, 0.05) is 37.8 Å². The molecule has 0 spiro atoms. The van der Waals surface area contributed by atoms with Crippen molar-refractivity contribution in [3.8, 4) is 0 Å². The summed E-state index contributed by atoms with van der Waals surface area (Å²) in [4.78, 5) is 27.3. The summed E-state index contributed by atoms with van der Waals surface area (Å²) in [5.74, 6) is -0.546. The van der Waals surface area contributed by atoms with Crippen molar-refractivity contribution in [3.05, 3.63) is 23.8 Å². The molecule has 0 bridgehead atoms. The van der Waals surface area contributed by atoms with E-state index < -0.39 is 10.0 Å². The number of sulfonamides is 1. The Hall–Kier alpha value is -1.93.